The molecule has 4 nitrogen and oxygen atoms in total. The van der Waals surface area contributed by atoms with Crippen LogP contribution in [0.3, 0.4) is 0 Å². The van der Waals surface area contributed by atoms with Gasteiger partial charge in [0.25, 0.3) is 0 Å². The van der Waals surface area contributed by atoms with Gasteiger partial charge in [0.2, 0.25) is 0 Å². The van der Waals surface area contributed by atoms with E-state index in [2.05, 4.69) is 410 Å². The summed E-state index contributed by atoms with van der Waals surface area (Å²) in [6.07, 6.45) is 0. The van der Waals surface area contributed by atoms with E-state index in [1.165, 1.54) is 129 Å². The van der Waals surface area contributed by atoms with Gasteiger partial charge >= 0.3 is 0 Å². The minimum absolute atomic E-state index is 0.409. The summed E-state index contributed by atoms with van der Waals surface area (Å²) >= 11 is 3.65. The summed E-state index contributed by atoms with van der Waals surface area (Å²) in [4.78, 5) is 4.83. The normalized spacial score (nSPS) is 13.3. The Kier molecular flexibility index (Phi) is 14.1. The summed E-state index contributed by atoms with van der Waals surface area (Å²) in [6.45, 7) is 0. The van der Waals surface area contributed by atoms with Crippen LogP contribution in [0.25, 0.3) is 151 Å². The maximum Gasteiger partial charge on any atom is 0.144 e. The lowest BCUT2D eigenvalue weighted by atomic mass is 9.70. The molecule has 4 heterocycles. The molecule has 18 aromatic carbocycles. The minimum atomic E-state index is -0.409. The van der Waals surface area contributed by atoms with Crippen LogP contribution in [0.5, 0.6) is 0 Å². The summed E-state index contributed by atoms with van der Waals surface area (Å²) < 4.78 is 18.9. The quantitative estimate of drug-likeness (QED) is 0.152. The maximum absolute atomic E-state index is 6.91. The lowest BCUT2D eigenvalue weighted by molar-refractivity contribution is 0.673. The zero-order valence-corrected chi connectivity index (χ0v) is 64.3. The van der Waals surface area contributed by atoms with Crippen LogP contribution < -0.4 is 9.80 Å². The Labute approximate surface area is 677 Å². The van der Waals surface area contributed by atoms with E-state index in [4.69, 9.17) is 8.83 Å². The molecule has 4 aromatic heterocycles. The van der Waals surface area contributed by atoms with Crippen LogP contribution in [-0.2, 0) is 10.8 Å². The topological polar surface area (TPSA) is 32.8 Å². The molecule has 0 aliphatic heterocycles. The molecule has 0 N–H and O–H groups in total. The Morgan fingerprint density at radius 3 is 1.00 bits per heavy atom. The van der Waals surface area contributed by atoms with Crippen molar-refractivity contribution in [3.05, 3.63) is 445 Å². The number of furan rings is 2. The second-order valence-electron chi connectivity index (χ2n) is 31.0. The van der Waals surface area contributed by atoms with Crippen molar-refractivity contribution in [3.8, 4) is 66.8 Å². The first-order valence-corrected chi connectivity index (χ1v) is 41.5. The molecule has 0 radical (unpaired) electrons. The molecular formula is C110H66N2O2S2. The highest BCUT2D eigenvalue weighted by molar-refractivity contribution is 7.26. The molecular weight excluding hydrogens is 1450 g/mol. The van der Waals surface area contributed by atoms with Gasteiger partial charge in [-0.15, -0.1) is 22.7 Å². The van der Waals surface area contributed by atoms with E-state index in [9.17, 15) is 0 Å². The third kappa shape index (κ3) is 9.08. The van der Waals surface area contributed by atoms with Crippen molar-refractivity contribution in [3.63, 3.8) is 0 Å². The number of anilines is 6. The summed E-state index contributed by atoms with van der Waals surface area (Å²) in [6, 6.07) is 147. The number of hydrogen-bond donors (Lipinski definition) is 0. The first-order chi connectivity index (χ1) is 57.6. The fourth-order valence-corrected chi connectivity index (χ4v) is 22.9. The zero-order valence-electron chi connectivity index (χ0n) is 62.6. The Balaban J connectivity index is 0.000000130. The van der Waals surface area contributed by atoms with Gasteiger partial charge < -0.3 is 18.6 Å². The maximum atomic E-state index is 6.91. The van der Waals surface area contributed by atoms with Crippen LogP contribution in [0.4, 0.5) is 34.1 Å². The summed E-state index contributed by atoms with van der Waals surface area (Å²) in [5, 5.41) is 9.51. The van der Waals surface area contributed by atoms with Gasteiger partial charge in [0.1, 0.15) is 22.3 Å². The second kappa shape index (κ2) is 25.0. The smallest absolute Gasteiger partial charge is 0.144 e. The first kappa shape index (κ1) is 65.2. The third-order valence-electron chi connectivity index (χ3n) is 25.4. The number of benzene rings is 18. The van der Waals surface area contributed by atoms with Crippen molar-refractivity contribution in [1.29, 1.82) is 0 Å². The first-order valence-electron chi connectivity index (χ1n) is 39.8. The SMILES string of the molecule is c1ccc(N(c2ccc(-c3cccc4c3oc3c4ccc4sc5ccccc5c43)cc2)c2ccc3c(c2)C2(c4ccccc4-c4ccccc42)c2ccccc2-3)cc1.c1ccc(N(c2ccc(-c3cccc4c3oc3c4ccc4sc5ccccc5c43)cc2)c2cccc3c2-c2ccccc2C32c3ccccc3-c3ccccc32)cc1. The van der Waals surface area contributed by atoms with Crippen molar-refractivity contribution >= 4 is 141 Å². The van der Waals surface area contributed by atoms with Crippen molar-refractivity contribution in [2.45, 2.75) is 10.8 Å². The summed E-state index contributed by atoms with van der Waals surface area (Å²) in [5.74, 6) is 0. The van der Waals surface area contributed by atoms with E-state index < -0.39 is 10.8 Å². The van der Waals surface area contributed by atoms with Crippen molar-refractivity contribution in [2.24, 2.45) is 0 Å². The molecule has 116 heavy (non-hydrogen) atoms. The molecule has 2 spiro atoms. The lowest BCUT2D eigenvalue weighted by Gasteiger charge is -2.32. The Bertz CT molecular complexity index is 7650. The van der Waals surface area contributed by atoms with Gasteiger partial charge in [-0.3, -0.25) is 0 Å². The van der Waals surface area contributed by atoms with Gasteiger partial charge in [-0.25, -0.2) is 0 Å². The molecule has 0 bridgehead atoms. The molecule has 0 amide bonds. The molecule has 0 saturated carbocycles. The number of rotatable bonds is 8. The van der Waals surface area contributed by atoms with Crippen molar-refractivity contribution in [1.82, 2.24) is 0 Å². The van der Waals surface area contributed by atoms with Crippen LogP contribution in [0, 0.1) is 0 Å². The standard InChI is InChI=1S/2C55H33NOS/c1-2-14-35(15-3-1)56(48-26-13-25-47-51(48)42-18-6-10-24-46(42)55(47)44-22-8-4-16-38(44)39-17-5-9-23-45(39)55)36-30-28-34(29-31-36)37-20-12-21-40-41-32-33-50-52(54(41)57-53(37)40)43-19-7-11-27-49(43)58-50;1-2-13-35(14-3-1)56(37-29-30-42-41-17-6-10-23-48(41)55(49(42)33-37)46-21-8-4-15-39(46)40-16-5-9-22-47(40)55)36-27-25-34(26-28-36)38-19-12-20-43-44-31-32-51-52(54(44)57-53(38)43)45-18-7-11-24-50(45)58-51/h2*1-33H. The van der Waals surface area contributed by atoms with Gasteiger partial charge in [0.15, 0.2) is 0 Å². The predicted octanol–water partition coefficient (Wildman–Crippen LogP) is 30.9. The van der Waals surface area contributed by atoms with E-state index in [0.717, 1.165) is 100 Å². The van der Waals surface area contributed by atoms with Gasteiger partial charge in [-0.05, 0) is 198 Å². The molecule has 540 valence electrons. The predicted molar refractivity (Wildman–Crippen MR) is 486 cm³/mol. The van der Waals surface area contributed by atoms with Crippen LogP contribution in [0.1, 0.15) is 44.5 Å². The van der Waals surface area contributed by atoms with E-state index >= 15 is 0 Å². The molecule has 22 aromatic rings. The highest BCUT2D eigenvalue weighted by Crippen LogP contribution is 2.67. The number of hydrogen-bond acceptors (Lipinski definition) is 6. The average molecular weight is 1510 g/mol. The number of thiophene rings is 2. The third-order valence-corrected chi connectivity index (χ3v) is 27.7. The Morgan fingerprint density at radius 2 is 0.526 bits per heavy atom. The number of fused-ring (bicyclic) bond motifs is 34. The van der Waals surface area contributed by atoms with Crippen LogP contribution in [0.2, 0.25) is 0 Å². The zero-order chi connectivity index (χ0) is 75.9. The minimum Gasteiger partial charge on any atom is -0.455 e. The van der Waals surface area contributed by atoms with Crippen molar-refractivity contribution < 1.29 is 8.83 Å². The van der Waals surface area contributed by atoms with Crippen LogP contribution >= 0.6 is 22.7 Å². The Morgan fingerprint density at radius 1 is 0.198 bits per heavy atom. The molecule has 6 heteroatoms. The molecule has 0 fully saturated rings. The van der Waals surface area contributed by atoms with Gasteiger partial charge in [0.05, 0.1) is 16.5 Å². The highest BCUT2D eigenvalue weighted by Gasteiger charge is 2.54. The van der Waals surface area contributed by atoms with E-state index in [1.54, 1.807) is 0 Å². The molecule has 4 aliphatic rings. The lowest BCUT2D eigenvalue weighted by Crippen LogP contribution is -2.26. The van der Waals surface area contributed by atoms with Crippen LogP contribution in [-0.4, -0.2) is 0 Å². The molecule has 0 atom stereocenters. The average Bonchev–Trinajstić information content (AvgIpc) is 1.51. The number of para-hydroxylation sites is 4. The van der Waals surface area contributed by atoms with Gasteiger partial charge in [-0.2, -0.15) is 0 Å². The van der Waals surface area contributed by atoms with Gasteiger partial charge in [0, 0.05) is 107 Å². The summed E-state index contributed by atoms with van der Waals surface area (Å²) in [5.41, 5.74) is 35.2. The van der Waals surface area contributed by atoms with E-state index in [-0.39, 0.29) is 0 Å². The monoisotopic (exact) mass is 1510 g/mol. The molecule has 0 unspecified atom stereocenters. The largest absolute Gasteiger partial charge is 0.455 e. The summed E-state index contributed by atoms with van der Waals surface area (Å²) in [7, 11) is 0. The van der Waals surface area contributed by atoms with Gasteiger partial charge in [-0.1, -0.05) is 297 Å². The molecule has 4 aliphatic carbocycles. The highest BCUT2D eigenvalue weighted by atomic mass is 32.1. The Hall–Kier alpha value is -14.4. The number of nitrogens with zero attached hydrogens (tertiary/aromatic N) is 2. The van der Waals surface area contributed by atoms with E-state index in [1.807, 2.05) is 22.7 Å². The second-order valence-corrected chi connectivity index (χ2v) is 33.2. The molecule has 0 saturated heterocycles. The fourth-order valence-electron chi connectivity index (χ4n) is 20.7. The molecule has 26 rings (SSSR count). The van der Waals surface area contributed by atoms with E-state index in [0.29, 0.717) is 0 Å². The van der Waals surface area contributed by atoms with Crippen LogP contribution in [0.15, 0.2) is 409 Å². The fraction of sp³-hybridized carbons (Fsp3) is 0.0182. The van der Waals surface area contributed by atoms with Crippen molar-refractivity contribution in [2.75, 3.05) is 9.80 Å².